The van der Waals surface area contributed by atoms with Gasteiger partial charge in [-0.15, -0.1) is 11.8 Å². The third kappa shape index (κ3) is 5.36. The molecule has 1 unspecified atom stereocenters. The molecule has 3 rings (SSSR count). The minimum atomic E-state index is -0.0634. The lowest BCUT2D eigenvalue weighted by Crippen LogP contribution is -2.28. The Bertz CT molecular complexity index is 881. The zero-order valence-corrected chi connectivity index (χ0v) is 16.9. The van der Waals surface area contributed by atoms with Gasteiger partial charge in [0, 0.05) is 28.6 Å². The summed E-state index contributed by atoms with van der Waals surface area (Å²) in [5, 5.41) is 3.12. The molecule has 1 aromatic heterocycles. The van der Waals surface area contributed by atoms with Crippen molar-refractivity contribution in [1.82, 2.24) is 10.3 Å². The second-order valence-corrected chi connectivity index (χ2v) is 7.43. The van der Waals surface area contributed by atoms with Crippen LogP contribution in [0, 0.1) is 0 Å². The number of thioether (sulfide) groups is 1. The maximum absolute atomic E-state index is 12.7. The predicted octanol–water partition coefficient (Wildman–Crippen LogP) is 5.26. The number of hydrogen-bond donors (Lipinski definition) is 1. The van der Waals surface area contributed by atoms with E-state index in [4.69, 9.17) is 4.74 Å². The van der Waals surface area contributed by atoms with E-state index in [1.54, 1.807) is 25.1 Å². The van der Waals surface area contributed by atoms with Crippen LogP contribution in [0.4, 0.5) is 0 Å². The molecular formula is C23H24N2O2S. The molecule has 1 atom stereocenters. The maximum Gasteiger partial charge on any atom is 0.251 e. The number of hydrogen-bond acceptors (Lipinski definition) is 4. The highest BCUT2D eigenvalue weighted by Gasteiger charge is 2.14. The smallest absolute Gasteiger partial charge is 0.251 e. The van der Waals surface area contributed by atoms with E-state index < -0.39 is 0 Å². The number of carbonyl (C=O) groups is 1. The average molecular weight is 393 g/mol. The minimum absolute atomic E-state index is 0.0296. The molecule has 0 aliphatic rings. The number of amides is 1. The minimum Gasteiger partial charge on any atom is -0.497 e. The Balaban J connectivity index is 1.59. The molecule has 2 aromatic carbocycles. The Hall–Kier alpha value is -2.79. The van der Waals surface area contributed by atoms with Crippen LogP contribution in [0.1, 0.15) is 40.9 Å². The zero-order valence-electron chi connectivity index (χ0n) is 16.1. The van der Waals surface area contributed by atoms with Crippen molar-refractivity contribution in [3.05, 3.63) is 89.7 Å². The van der Waals surface area contributed by atoms with Crippen LogP contribution in [-0.2, 0) is 5.75 Å². The monoisotopic (exact) mass is 392 g/mol. The highest BCUT2D eigenvalue weighted by molar-refractivity contribution is 7.98. The lowest BCUT2D eigenvalue weighted by molar-refractivity contribution is 0.0935. The number of nitrogens with zero attached hydrogens (tertiary/aromatic N) is 1. The van der Waals surface area contributed by atoms with Gasteiger partial charge in [-0.25, -0.2) is 0 Å². The summed E-state index contributed by atoms with van der Waals surface area (Å²) in [6.45, 7) is 2.06. The Morgan fingerprint density at radius 2 is 1.86 bits per heavy atom. The number of rotatable bonds is 8. The van der Waals surface area contributed by atoms with Crippen LogP contribution in [0.3, 0.4) is 0 Å². The molecular weight excluding hydrogens is 368 g/mol. The largest absolute Gasteiger partial charge is 0.497 e. The molecule has 3 aromatic rings. The summed E-state index contributed by atoms with van der Waals surface area (Å²) in [6.07, 6.45) is 4.47. The summed E-state index contributed by atoms with van der Waals surface area (Å²) in [7, 11) is 1.65. The van der Waals surface area contributed by atoms with Crippen LogP contribution in [0.15, 0.2) is 78.0 Å². The summed E-state index contributed by atoms with van der Waals surface area (Å²) < 4.78 is 5.20. The molecule has 0 radical (unpaired) electrons. The fourth-order valence-electron chi connectivity index (χ4n) is 2.85. The average Bonchev–Trinajstić information content (AvgIpc) is 2.77. The molecule has 0 aliphatic heterocycles. The molecule has 1 N–H and O–H groups in total. The van der Waals surface area contributed by atoms with Gasteiger partial charge in [0.25, 0.3) is 5.91 Å². The highest BCUT2D eigenvalue weighted by Crippen LogP contribution is 2.24. The first-order valence-electron chi connectivity index (χ1n) is 9.26. The van der Waals surface area contributed by atoms with Crippen LogP contribution >= 0.6 is 11.8 Å². The van der Waals surface area contributed by atoms with Gasteiger partial charge >= 0.3 is 0 Å². The lowest BCUT2D eigenvalue weighted by Gasteiger charge is -2.18. The topological polar surface area (TPSA) is 51.2 Å². The van der Waals surface area contributed by atoms with Crippen LogP contribution < -0.4 is 10.1 Å². The number of benzene rings is 2. The summed E-state index contributed by atoms with van der Waals surface area (Å²) in [6, 6.07) is 19.5. The second-order valence-electron chi connectivity index (χ2n) is 6.38. The van der Waals surface area contributed by atoms with Gasteiger partial charge < -0.3 is 10.1 Å². The molecule has 28 heavy (non-hydrogen) atoms. The van der Waals surface area contributed by atoms with E-state index >= 15 is 0 Å². The van der Waals surface area contributed by atoms with Gasteiger partial charge in [-0.1, -0.05) is 25.1 Å². The third-order valence-corrected chi connectivity index (χ3v) is 5.56. The van der Waals surface area contributed by atoms with E-state index in [0.717, 1.165) is 28.4 Å². The summed E-state index contributed by atoms with van der Waals surface area (Å²) in [5.41, 5.74) is 2.91. The van der Waals surface area contributed by atoms with Crippen molar-refractivity contribution in [2.24, 2.45) is 0 Å². The van der Waals surface area contributed by atoms with E-state index in [2.05, 4.69) is 23.3 Å². The molecule has 4 nitrogen and oxygen atoms in total. The Morgan fingerprint density at radius 1 is 1.11 bits per heavy atom. The van der Waals surface area contributed by atoms with Crippen molar-refractivity contribution in [2.75, 3.05) is 7.11 Å². The number of carbonyl (C=O) groups excluding carboxylic acids is 1. The Kier molecular flexibility index (Phi) is 7.09. The zero-order chi connectivity index (χ0) is 19.8. The van der Waals surface area contributed by atoms with Crippen LogP contribution in [0.2, 0.25) is 0 Å². The molecule has 0 bridgehead atoms. The number of pyridine rings is 1. The van der Waals surface area contributed by atoms with Gasteiger partial charge in [0.2, 0.25) is 0 Å². The van der Waals surface area contributed by atoms with E-state index in [1.165, 1.54) is 5.56 Å². The molecule has 0 saturated heterocycles. The van der Waals surface area contributed by atoms with E-state index in [-0.39, 0.29) is 11.9 Å². The fourth-order valence-corrected chi connectivity index (χ4v) is 3.68. The Morgan fingerprint density at radius 3 is 2.46 bits per heavy atom. The first-order chi connectivity index (χ1) is 13.7. The number of ether oxygens (including phenoxy) is 1. The van der Waals surface area contributed by atoms with E-state index in [9.17, 15) is 4.79 Å². The van der Waals surface area contributed by atoms with Gasteiger partial charge in [-0.2, -0.15) is 0 Å². The number of methoxy groups -OCH3 is 1. The quantitative estimate of drug-likeness (QED) is 0.531. The lowest BCUT2D eigenvalue weighted by atomic mass is 10.0. The van der Waals surface area contributed by atoms with Gasteiger partial charge in [-0.05, 0) is 60.0 Å². The van der Waals surface area contributed by atoms with E-state index in [1.807, 2.05) is 60.8 Å². The summed E-state index contributed by atoms with van der Waals surface area (Å²) in [4.78, 5) is 17.9. The second kappa shape index (κ2) is 9.95. The normalized spacial score (nSPS) is 11.6. The van der Waals surface area contributed by atoms with Gasteiger partial charge in [0.1, 0.15) is 5.75 Å². The first kappa shape index (κ1) is 20.0. The van der Waals surface area contributed by atoms with Crippen molar-refractivity contribution in [3.63, 3.8) is 0 Å². The molecule has 144 valence electrons. The van der Waals surface area contributed by atoms with Crippen LogP contribution in [-0.4, -0.2) is 18.0 Å². The van der Waals surface area contributed by atoms with Crippen LogP contribution in [0.5, 0.6) is 5.75 Å². The van der Waals surface area contributed by atoms with Gasteiger partial charge in [0.15, 0.2) is 0 Å². The SMILES string of the molecule is CCC(NC(=O)c1ccc(SCc2cccnc2)cc1)c1ccc(OC)cc1. The first-order valence-corrected chi connectivity index (χ1v) is 10.2. The molecule has 1 heterocycles. The van der Waals surface area contributed by atoms with Crippen molar-refractivity contribution >= 4 is 17.7 Å². The van der Waals surface area contributed by atoms with E-state index in [0.29, 0.717) is 5.56 Å². The molecule has 0 spiro atoms. The summed E-state index contributed by atoms with van der Waals surface area (Å²) >= 11 is 1.73. The van der Waals surface area contributed by atoms with Gasteiger partial charge in [-0.3, -0.25) is 9.78 Å². The summed E-state index contributed by atoms with van der Waals surface area (Å²) in [5.74, 6) is 1.60. The van der Waals surface area contributed by atoms with Crippen LogP contribution in [0.25, 0.3) is 0 Å². The number of nitrogens with one attached hydrogen (secondary N) is 1. The molecule has 0 fully saturated rings. The van der Waals surface area contributed by atoms with Crippen molar-refractivity contribution in [1.29, 1.82) is 0 Å². The third-order valence-electron chi connectivity index (χ3n) is 4.48. The van der Waals surface area contributed by atoms with Crippen molar-refractivity contribution in [2.45, 2.75) is 30.0 Å². The Labute approximate surface area is 170 Å². The predicted molar refractivity (Wildman–Crippen MR) is 114 cm³/mol. The standard InChI is InChI=1S/C23H24N2O2S/c1-3-22(18-6-10-20(27-2)11-7-18)25-23(26)19-8-12-21(13-9-19)28-16-17-5-4-14-24-15-17/h4-15,22H,3,16H2,1-2H3,(H,25,26). The molecule has 0 aliphatic carbocycles. The van der Waals surface area contributed by atoms with Gasteiger partial charge in [0.05, 0.1) is 13.2 Å². The molecule has 1 amide bonds. The van der Waals surface area contributed by atoms with Crippen molar-refractivity contribution < 1.29 is 9.53 Å². The number of aromatic nitrogens is 1. The molecule has 5 heteroatoms. The van der Waals surface area contributed by atoms with Crippen molar-refractivity contribution in [3.8, 4) is 5.75 Å². The maximum atomic E-state index is 12.7. The highest BCUT2D eigenvalue weighted by atomic mass is 32.2. The molecule has 0 saturated carbocycles. The fraction of sp³-hybridized carbons (Fsp3) is 0.217.